The monoisotopic (exact) mass is 488 g/mol. The van der Waals surface area contributed by atoms with Crippen LogP contribution in [0.3, 0.4) is 0 Å². The maximum atomic E-state index is 13.6. The van der Waals surface area contributed by atoms with Gasteiger partial charge in [0.05, 0.1) is 6.33 Å². The first kappa shape index (κ1) is 23.5. The van der Waals surface area contributed by atoms with Gasteiger partial charge in [0.2, 0.25) is 23.6 Å². The molecule has 1 aromatic heterocycles. The normalized spacial score (nSPS) is 20.2. The predicted octanol–water partition coefficient (Wildman–Crippen LogP) is 1.50. The molecule has 4 amide bonds. The Morgan fingerprint density at radius 2 is 1.92 bits per heavy atom. The Labute approximate surface area is 207 Å². The highest BCUT2D eigenvalue weighted by Gasteiger charge is 2.39. The second-order valence-corrected chi connectivity index (χ2v) is 9.24. The lowest BCUT2D eigenvalue weighted by molar-refractivity contribution is -0.140. The van der Waals surface area contributed by atoms with E-state index in [4.69, 9.17) is 0 Å². The summed E-state index contributed by atoms with van der Waals surface area (Å²) in [6, 6.07) is 11.4. The maximum absolute atomic E-state index is 13.6. The number of benzene rings is 2. The van der Waals surface area contributed by atoms with E-state index in [2.05, 4.69) is 25.9 Å². The number of rotatable bonds is 7. The van der Waals surface area contributed by atoms with Crippen LogP contribution in [0.5, 0.6) is 0 Å². The Morgan fingerprint density at radius 3 is 2.67 bits per heavy atom. The van der Waals surface area contributed by atoms with Crippen LogP contribution in [0, 0.1) is 0 Å². The van der Waals surface area contributed by atoms with Crippen molar-refractivity contribution >= 4 is 40.1 Å². The summed E-state index contributed by atoms with van der Waals surface area (Å²) < 4.78 is 0. The highest BCUT2D eigenvalue weighted by Crippen LogP contribution is 2.23. The first-order valence-corrected chi connectivity index (χ1v) is 12.1. The molecule has 0 radical (unpaired) electrons. The van der Waals surface area contributed by atoms with E-state index >= 15 is 0 Å². The van der Waals surface area contributed by atoms with Crippen molar-refractivity contribution in [2.75, 3.05) is 11.9 Å². The van der Waals surface area contributed by atoms with Gasteiger partial charge in [0.15, 0.2) is 0 Å². The second kappa shape index (κ2) is 10.2. The summed E-state index contributed by atoms with van der Waals surface area (Å²) >= 11 is 0. The fraction of sp³-hybridized carbons (Fsp3) is 0.346. The molecule has 3 heterocycles. The third-order valence-corrected chi connectivity index (χ3v) is 6.76. The highest BCUT2D eigenvalue weighted by molar-refractivity contribution is 6.00. The van der Waals surface area contributed by atoms with Crippen molar-refractivity contribution in [2.24, 2.45) is 0 Å². The number of carbonyl (C=O) groups excluding carboxylic acids is 4. The molecule has 0 aliphatic carbocycles. The van der Waals surface area contributed by atoms with Gasteiger partial charge in [0.25, 0.3) is 0 Å². The fourth-order valence-electron chi connectivity index (χ4n) is 4.90. The summed E-state index contributed by atoms with van der Waals surface area (Å²) in [5.41, 5.74) is 1.35. The van der Waals surface area contributed by atoms with Crippen molar-refractivity contribution in [2.45, 2.75) is 50.2 Å². The second-order valence-electron chi connectivity index (χ2n) is 9.24. The Bertz CT molecular complexity index is 1290. The molecule has 2 fully saturated rings. The Hall–Kier alpha value is -4.21. The molecule has 10 heteroatoms. The van der Waals surface area contributed by atoms with Gasteiger partial charge in [-0.25, -0.2) is 4.98 Å². The number of anilines is 1. The van der Waals surface area contributed by atoms with Gasteiger partial charge in [0.1, 0.15) is 18.1 Å². The maximum Gasteiger partial charge on any atom is 0.247 e. The average Bonchev–Trinajstić information content (AvgIpc) is 3.65. The molecule has 0 bridgehead atoms. The quantitative estimate of drug-likeness (QED) is 0.400. The molecule has 0 unspecified atom stereocenters. The zero-order valence-electron chi connectivity index (χ0n) is 19.7. The minimum absolute atomic E-state index is 0.184. The molecule has 3 atom stereocenters. The third-order valence-electron chi connectivity index (χ3n) is 6.76. The Kier molecular flexibility index (Phi) is 6.66. The van der Waals surface area contributed by atoms with Gasteiger partial charge in [-0.15, -0.1) is 0 Å². The molecule has 4 N–H and O–H groups in total. The Balaban J connectivity index is 1.30. The Morgan fingerprint density at radius 1 is 1.08 bits per heavy atom. The van der Waals surface area contributed by atoms with Gasteiger partial charge in [-0.2, -0.15) is 0 Å². The molecular weight excluding hydrogens is 460 g/mol. The van der Waals surface area contributed by atoms with E-state index in [1.165, 1.54) is 6.33 Å². The van der Waals surface area contributed by atoms with Crippen LogP contribution in [-0.2, 0) is 25.6 Å². The molecular formula is C26H28N6O4. The van der Waals surface area contributed by atoms with Crippen LogP contribution in [0.4, 0.5) is 5.69 Å². The number of aromatic amines is 1. The summed E-state index contributed by atoms with van der Waals surface area (Å²) in [4.78, 5) is 59.7. The van der Waals surface area contributed by atoms with E-state index in [9.17, 15) is 19.2 Å². The van der Waals surface area contributed by atoms with Crippen molar-refractivity contribution in [1.82, 2.24) is 25.5 Å². The van der Waals surface area contributed by atoms with Crippen molar-refractivity contribution in [1.29, 1.82) is 0 Å². The van der Waals surface area contributed by atoms with Gasteiger partial charge in [-0.3, -0.25) is 19.2 Å². The van der Waals surface area contributed by atoms with Crippen LogP contribution in [0.15, 0.2) is 55.0 Å². The predicted molar refractivity (Wildman–Crippen MR) is 133 cm³/mol. The zero-order valence-corrected chi connectivity index (χ0v) is 19.7. The van der Waals surface area contributed by atoms with Crippen LogP contribution in [0.25, 0.3) is 10.8 Å². The number of carbonyl (C=O) groups is 4. The molecule has 36 heavy (non-hydrogen) atoms. The van der Waals surface area contributed by atoms with Crippen LogP contribution in [0.2, 0.25) is 0 Å². The third kappa shape index (κ3) is 5.07. The summed E-state index contributed by atoms with van der Waals surface area (Å²) in [6.45, 7) is 0.421. The van der Waals surface area contributed by atoms with Crippen molar-refractivity contribution in [3.63, 3.8) is 0 Å². The molecule has 2 aromatic carbocycles. The zero-order chi connectivity index (χ0) is 25.1. The summed E-state index contributed by atoms with van der Waals surface area (Å²) in [6.07, 6.45) is 5.18. The van der Waals surface area contributed by atoms with E-state index in [-0.39, 0.29) is 30.6 Å². The van der Waals surface area contributed by atoms with Crippen molar-refractivity contribution in [3.05, 3.63) is 60.7 Å². The number of H-pyrrole nitrogens is 1. The summed E-state index contributed by atoms with van der Waals surface area (Å²) in [5, 5.41) is 10.5. The van der Waals surface area contributed by atoms with Crippen LogP contribution < -0.4 is 16.0 Å². The SMILES string of the molecule is O=C1CC[C@H](C(=O)N[C@@H](Cc2cnc[nH]2)C(=O)N2CCC[C@@H]2C(=O)Nc2ccc3ccccc3c2)N1. The summed E-state index contributed by atoms with van der Waals surface area (Å²) in [5.74, 6) is -1.18. The van der Waals surface area contributed by atoms with Crippen molar-refractivity contribution in [3.8, 4) is 0 Å². The van der Waals surface area contributed by atoms with Gasteiger partial charge < -0.3 is 25.8 Å². The molecule has 0 spiro atoms. The molecule has 3 aromatic rings. The number of fused-ring (bicyclic) bond motifs is 1. The van der Waals surface area contributed by atoms with Crippen LogP contribution in [-0.4, -0.2) is 63.2 Å². The lowest BCUT2D eigenvalue weighted by atomic mass is 10.1. The molecule has 2 aliphatic rings. The highest BCUT2D eigenvalue weighted by atomic mass is 16.2. The number of nitrogens with one attached hydrogen (secondary N) is 4. The number of imidazole rings is 1. The molecule has 5 rings (SSSR count). The number of likely N-dealkylation sites (tertiary alicyclic amines) is 1. The first-order valence-electron chi connectivity index (χ1n) is 12.1. The number of amides is 4. The van der Waals surface area contributed by atoms with Gasteiger partial charge in [-0.05, 0) is 42.2 Å². The topological polar surface area (TPSA) is 136 Å². The van der Waals surface area contributed by atoms with E-state index in [0.717, 1.165) is 10.8 Å². The van der Waals surface area contributed by atoms with E-state index < -0.39 is 24.0 Å². The molecule has 0 saturated carbocycles. The fourth-order valence-corrected chi connectivity index (χ4v) is 4.90. The number of hydrogen-bond acceptors (Lipinski definition) is 5. The van der Waals surface area contributed by atoms with Crippen molar-refractivity contribution < 1.29 is 19.2 Å². The average molecular weight is 489 g/mol. The van der Waals surface area contributed by atoms with Crippen LogP contribution >= 0.6 is 0 Å². The lowest BCUT2D eigenvalue weighted by Gasteiger charge is -2.29. The van der Waals surface area contributed by atoms with E-state index in [1.807, 2.05) is 42.5 Å². The number of hydrogen-bond donors (Lipinski definition) is 4. The van der Waals surface area contributed by atoms with E-state index in [1.54, 1.807) is 11.1 Å². The lowest BCUT2D eigenvalue weighted by Crippen LogP contribution is -2.55. The van der Waals surface area contributed by atoms with Gasteiger partial charge in [-0.1, -0.05) is 30.3 Å². The largest absolute Gasteiger partial charge is 0.348 e. The molecule has 2 aliphatic heterocycles. The minimum Gasteiger partial charge on any atom is -0.348 e. The number of nitrogens with zero attached hydrogens (tertiary/aromatic N) is 2. The first-order chi connectivity index (χ1) is 17.5. The minimum atomic E-state index is -0.899. The smallest absolute Gasteiger partial charge is 0.247 e. The summed E-state index contributed by atoms with van der Waals surface area (Å²) in [7, 11) is 0. The van der Waals surface area contributed by atoms with Crippen LogP contribution in [0.1, 0.15) is 31.4 Å². The molecule has 2 saturated heterocycles. The molecule has 10 nitrogen and oxygen atoms in total. The molecule has 186 valence electrons. The van der Waals surface area contributed by atoms with Gasteiger partial charge >= 0.3 is 0 Å². The standard InChI is InChI=1S/C26H28N6O4/c33-23-10-9-20(30-23)24(34)31-21(13-19-14-27-15-28-19)26(36)32-11-3-6-22(32)25(35)29-18-8-7-16-4-1-2-5-17(16)12-18/h1-2,4-5,7-8,12,14-15,20-22H,3,6,9-11,13H2,(H,27,28)(H,29,35)(H,30,33)(H,31,34)/t20-,21+,22-/m1/s1. The van der Waals surface area contributed by atoms with E-state index in [0.29, 0.717) is 37.2 Å². The van der Waals surface area contributed by atoms with Gasteiger partial charge in [0, 0.05) is 37.0 Å². The number of aromatic nitrogens is 2.